The maximum absolute atomic E-state index is 2.64. The molecule has 2 aliphatic carbocycles. The molecule has 2 aromatic carbocycles. The van der Waals surface area contributed by atoms with Gasteiger partial charge in [-0.05, 0) is 0 Å². The van der Waals surface area contributed by atoms with Crippen LogP contribution in [0.2, 0.25) is 13.1 Å². The van der Waals surface area contributed by atoms with Gasteiger partial charge in [-0.2, -0.15) is 0 Å². The molecular formula is C28H31HfN2Si. The normalized spacial score (nSPS) is 23.0. The molecule has 32 heavy (non-hydrogen) atoms. The van der Waals surface area contributed by atoms with E-state index < -0.39 is 26.6 Å². The Bertz CT molecular complexity index is 1190. The second-order valence-corrected chi connectivity index (χ2v) is 36.0. The zero-order valence-electron chi connectivity index (χ0n) is 19.9. The van der Waals surface area contributed by atoms with Crippen molar-refractivity contribution in [3.8, 4) is 0 Å². The number of anilines is 2. The number of hydrogen-bond acceptors (Lipinski definition) is 2. The molecule has 0 N–H and O–H groups in total. The fourth-order valence-electron chi connectivity index (χ4n) is 6.46. The number of para-hydroxylation sites is 2. The van der Waals surface area contributed by atoms with Crippen molar-refractivity contribution in [2.45, 2.75) is 39.0 Å². The number of rotatable bonds is 3. The van der Waals surface area contributed by atoms with Crippen molar-refractivity contribution in [3.05, 3.63) is 89.6 Å². The standard InChI is InChI=1S/2C13H12N.C2H7Si.Hf/c2*1-9-7-11-10-5-3-4-6-12(10)14(2)13(11)8-9;1-3-2;/h2*3-6,8,13H,1-2H3;3H,1-2H3;. The first-order chi connectivity index (χ1) is 15.4. The van der Waals surface area contributed by atoms with Crippen molar-refractivity contribution in [2.75, 3.05) is 23.9 Å². The monoisotopic (exact) mass is 603 g/mol. The van der Waals surface area contributed by atoms with Crippen LogP contribution in [0.1, 0.15) is 25.0 Å². The van der Waals surface area contributed by atoms with E-state index in [1.165, 1.54) is 22.5 Å². The van der Waals surface area contributed by atoms with E-state index in [0.717, 1.165) is 0 Å². The van der Waals surface area contributed by atoms with Crippen molar-refractivity contribution in [2.24, 2.45) is 0 Å². The molecule has 0 radical (unpaired) electrons. The fraction of sp³-hybridized carbons (Fsp3) is 0.286. The van der Waals surface area contributed by atoms with Gasteiger partial charge in [0, 0.05) is 0 Å². The number of fused-ring (bicyclic) bond motifs is 6. The van der Waals surface area contributed by atoms with Gasteiger partial charge in [0.1, 0.15) is 0 Å². The summed E-state index contributed by atoms with van der Waals surface area (Å²) < 4.78 is 3.67. The number of likely N-dealkylation sites (N-methyl/N-ethyl adjacent to an activating group) is 2. The van der Waals surface area contributed by atoms with Gasteiger partial charge in [0.05, 0.1) is 0 Å². The van der Waals surface area contributed by atoms with E-state index in [2.05, 4.69) is 112 Å². The molecule has 0 bridgehead atoms. The van der Waals surface area contributed by atoms with Gasteiger partial charge < -0.3 is 0 Å². The Kier molecular flexibility index (Phi) is 4.71. The molecule has 2 unspecified atom stereocenters. The first-order valence-electron chi connectivity index (χ1n) is 11.8. The van der Waals surface area contributed by atoms with E-state index in [0.29, 0.717) is 12.1 Å². The van der Waals surface area contributed by atoms with Crippen LogP contribution in [-0.4, -0.2) is 32.2 Å². The number of allylic oxidation sites excluding steroid dienone is 4. The van der Waals surface area contributed by atoms with Crippen molar-refractivity contribution in [1.29, 1.82) is 0 Å². The first kappa shape index (κ1) is 20.7. The van der Waals surface area contributed by atoms with Crippen LogP contribution in [0.3, 0.4) is 0 Å². The molecule has 0 fully saturated rings. The topological polar surface area (TPSA) is 6.48 Å². The Balaban J connectivity index is 1.62. The van der Waals surface area contributed by atoms with Gasteiger partial charge in [-0.25, -0.2) is 0 Å². The Labute approximate surface area is 200 Å². The average Bonchev–Trinajstić information content (AvgIpc) is 3.45. The minimum atomic E-state index is -2.34. The molecule has 2 aliphatic heterocycles. The average molecular weight is 602 g/mol. The van der Waals surface area contributed by atoms with Gasteiger partial charge in [0.25, 0.3) is 0 Å². The molecule has 0 aromatic heterocycles. The summed E-state index contributed by atoms with van der Waals surface area (Å²) >= 11 is -2.34. The second-order valence-electron chi connectivity index (χ2n) is 9.99. The number of benzene rings is 2. The van der Waals surface area contributed by atoms with Gasteiger partial charge >= 0.3 is 202 Å². The maximum atomic E-state index is 2.64. The van der Waals surface area contributed by atoms with E-state index in [4.69, 9.17) is 0 Å². The SMILES string of the molecule is CC1=CC2C(=[C]1[Hf]([C]1=C3c4ccccc4N(C)C3C=C1C)[SiH](C)C)c1ccccc1N2C. The summed E-state index contributed by atoms with van der Waals surface area (Å²) in [7, 11) is 4.56. The third-order valence-corrected chi connectivity index (χ3v) is 34.8. The summed E-state index contributed by atoms with van der Waals surface area (Å²) in [5.41, 5.74) is 12.3. The Morgan fingerprint density at radius 1 is 0.688 bits per heavy atom. The molecule has 4 heteroatoms. The Morgan fingerprint density at radius 2 is 1.09 bits per heavy atom. The van der Waals surface area contributed by atoms with E-state index in [1.54, 1.807) is 22.3 Å². The Hall–Kier alpha value is -1.91. The molecule has 0 saturated heterocycles. The molecule has 2 nitrogen and oxygen atoms in total. The fourth-order valence-corrected chi connectivity index (χ4v) is 35.0. The summed E-state index contributed by atoms with van der Waals surface area (Å²) in [4.78, 5) is 5.01. The second kappa shape index (κ2) is 7.29. The molecule has 0 saturated carbocycles. The van der Waals surface area contributed by atoms with Crippen LogP contribution in [0, 0.1) is 0 Å². The van der Waals surface area contributed by atoms with E-state index in [9.17, 15) is 0 Å². The first-order valence-corrected chi connectivity index (χ1v) is 24.5. The van der Waals surface area contributed by atoms with Gasteiger partial charge in [-0.15, -0.1) is 0 Å². The zero-order chi connectivity index (χ0) is 22.3. The predicted octanol–water partition coefficient (Wildman–Crippen LogP) is 5.97. The van der Waals surface area contributed by atoms with Gasteiger partial charge in [0.2, 0.25) is 0 Å². The number of hydrogen-bond donors (Lipinski definition) is 0. The van der Waals surface area contributed by atoms with Crippen molar-refractivity contribution >= 4 is 28.5 Å². The van der Waals surface area contributed by atoms with Crippen molar-refractivity contribution in [1.82, 2.24) is 0 Å². The molecule has 2 aromatic rings. The summed E-state index contributed by atoms with van der Waals surface area (Å²) in [6.07, 6.45) is 5.13. The third-order valence-electron chi connectivity index (χ3n) is 7.83. The number of nitrogens with zero attached hydrogens (tertiary/aromatic N) is 2. The van der Waals surface area contributed by atoms with Crippen molar-refractivity contribution < 1.29 is 20.6 Å². The molecule has 4 aliphatic rings. The van der Waals surface area contributed by atoms with Crippen LogP contribution in [-0.2, 0) is 20.6 Å². The van der Waals surface area contributed by atoms with E-state index in [-0.39, 0.29) is 0 Å². The van der Waals surface area contributed by atoms with Crippen LogP contribution < -0.4 is 9.80 Å². The molecule has 0 amide bonds. The summed E-state index contributed by atoms with van der Waals surface area (Å²) in [5.74, 6) is -0.863. The molecule has 2 atom stereocenters. The molecule has 161 valence electrons. The zero-order valence-corrected chi connectivity index (χ0v) is 24.6. The third kappa shape index (κ3) is 2.66. The summed E-state index contributed by atoms with van der Waals surface area (Å²) in [6.45, 7) is 10.1. The Morgan fingerprint density at radius 3 is 1.50 bits per heavy atom. The van der Waals surface area contributed by atoms with Gasteiger partial charge in [0.15, 0.2) is 0 Å². The minimum absolute atomic E-state index is 0.431. The van der Waals surface area contributed by atoms with Crippen LogP contribution >= 0.6 is 0 Å². The van der Waals surface area contributed by atoms with Gasteiger partial charge in [-0.3, -0.25) is 0 Å². The quantitative estimate of drug-likeness (QED) is 0.400. The summed E-state index contributed by atoms with van der Waals surface area (Å²) in [5, 5.41) is 0. The van der Waals surface area contributed by atoms with E-state index in [1.807, 2.05) is 6.66 Å². The molecular weight excluding hydrogens is 571 g/mol. The van der Waals surface area contributed by atoms with Crippen LogP contribution in [0.15, 0.2) is 78.5 Å². The van der Waals surface area contributed by atoms with Crippen LogP contribution in [0.4, 0.5) is 11.4 Å². The molecule has 2 heterocycles. The predicted molar refractivity (Wildman–Crippen MR) is 137 cm³/mol. The summed E-state index contributed by atoms with van der Waals surface area (Å²) in [6, 6.07) is 19.1. The van der Waals surface area contributed by atoms with Crippen molar-refractivity contribution in [3.63, 3.8) is 0 Å². The van der Waals surface area contributed by atoms with Crippen LogP contribution in [0.5, 0.6) is 0 Å². The van der Waals surface area contributed by atoms with E-state index >= 15 is 0 Å². The molecule has 0 spiro atoms. The molecule has 6 rings (SSSR count). The van der Waals surface area contributed by atoms with Gasteiger partial charge in [-0.1, -0.05) is 0 Å². The van der Waals surface area contributed by atoms with Crippen LogP contribution in [0.25, 0.3) is 11.1 Å².